The molecular weight excluding hydrogens is 134 g/mol. The molecule has 0 bridgehead atoms. The Hall–Kier alpha value is -0.770. The Labute approximate surface area is 60.0 Å². The molecule has 60 valence electrons. The Kier molecular flexibility index (Phi) is 3.15. The van der Waals surface area contributed by atoms with Gasteiger partial charge in [-0.15, -0.1) is 0 Å². The van der Waals surface area contributed by atoms with Gasteiger partial charge in [-0.05, 0) is 0 Å². The molecule has 0 aromatic heterocycles. The van der Waals surface area contributed by atoms with Gasteiger partial charge in [0, 0.05) is 5.41 Å². The molecule has 0 aromatic carbocycles. The predicted octanol–water partition coefficient (Wildman–Crippen LogP) is 0.100. The van der Waals surface area contributed by atoms with Gasteiger partial charge in [-0.2, -0.15) is 0 Å². The average molecular weight is 147 g/mol. The highest BCUT2D eigenvalue weighted by molar-refractivity contribution is 5.64. The predicted molar refractivity (Wildman–Crippen MR) is 36.4 cm³/mol. The molecule has 0 aliphatic rings. The SMILES string of the molecule is CC(C)(CO)COC(N)=O. The van der Waals surface area contributed by atoms with Crippen LogP contribution in [0, 0.1) is 5.41 Å². The summed E-state index contributed by atoms with van der Waals surface area (Å²) in [4.78, 5) is 10.1. The van der Waals surface area contributed by atoms with Crippen LogP contribution in [0.4, 0.5) is 4.79 Å². The van der Waals surface area contributed by atoms with Crippen LogP contribution in [0.1, 0.15) is 13.8 Å². The van der Waals surface area contributed by atoms with Gasteiger partial charge in [-0.3, -0.25) is 0 Å². The summed E-state index contributed by atoms with van der Waals surface area (Å²) < 4.78 is 4.48. The molecule has 0 aliphatic heterocycles. The fourth-order valence-electron chi connectivity index (χ4n) is 0.312. The largest absolute Gasteiger partial charge is 0.449 e. The van der Waals surface area contributed by atoms with Crippen molar-refractivity contribution >= 4 is 6.09 Å². The number of aliphatic hydroxyl groups excluding tert-OH is 1. The fraction of sp³-hybridized carbons (Fsp3) is 0.833. The lowest BCUT2D eigenvalue weighted by Crippen LogP contribution is -2.27. The molecule has 10 heavy (non-hydrogen) atoms. The molecule has 4 nitrogen and oxygen atoms in total. The van der Waals surface area contributed by atoms with Crippen LogP contribution in [-0.2, 0) is 4.74 Å². The van der Waals surface area contributed by atoms with Crippen molar-refractivity contribution in [2.45, 2.75) is 13.8 Å². The minimum Gasteiger partial charge on any atom is -0.449 e. The summed E-state index contributed by atoms with van der Waals surface area (Å²) in [5.41, 5.74) is 4.32. The molecule has 4 heteroatoms. The second kappa shape index (κ2) is 3.41. The Morgan fingerprint density at radius 1 is 1.70 bits per heavy atom. The van der Waals surface area contributed by atoms with Crippen molar-refractivity contribution in [3.63, 3.8) is 0 Å². The lowest BCUT2D eigenvalue weighted by Gasteiger charge is -2.19. The highest BCUT2D eigenvalue weighted by Gasteiger charge is 2.17. The normalized spacial score (nSPS) is 11.1. The summed E-state index contributed by atoms with van der Waals surface area (Å²) in [7, 11) is 0. The van der Waals surface area contributed by atoms with Gasteiger partial charge in [0.05, 0.1) is 6.61 Å². The molecule has 0 radical (unpaired) electrons. The Morgan fingerprint density at radius 3 is 2.50 bits per heavy atom. The minimum absolute atomic E-state index is 0.0275. The summed E-state index contributed by atoms with van der Waals surface area (Å²) in [5.74, 6) is 0. The van der Waals surface area contributed by atoms with Gasteiger partial charge in [0.25, 0.3) is 0 Å². The van der Waals surface area contributed by atoms with E-state index in [0.717, 1.165) is 0 Å². The molecular formula is C6H13NO3. The fourth-order valence-corrected chi connectivity index (χ4v) is 0.312. The van der Waals surface area contributed by atoms with Crippen LogP contribution in [0.25, 0.3) is 0 Å². The van der Waals surface area contributed by atoms with Gasteiger partial charge in [0.2, 0.25) is 0 Å². The quantitative estimate of drug-likeness (QED) is 0.594. The van der Waals surface area contributed by atoms with E-state index >= 15 is 0 Å². The molecule has 0 saturated carbocycles. The van der Waals surface area contributed by atoms with Crippen molar-refractivity contribution in [1.29, 1.82) is 0 Å². The van der Waals surface area contributed by atoms with E-state index in [2.05, 4.69) is 4.74 Å². The van der Waals surface area contributed by atoms with Gasteiger partial charge < -0.3 is 15.6 Å². The summed E-state index contributed by atoms with van der Waals surface area (Å²) >= 11 is 0. The third-order valence-electron chi connectivity index (χ3n) is 1.03. The monoisotopic (exact) mass is 147 g/mol. The highest BCUT2D eigenvalue weighted by Crippen LogP contribution is 2.12. The number of rotatable bonds is 3. The molecule has 0 aromatic rings. The number of amides is 1. The molecule has 0 atom stereocenters. The number of carbonyl (C=O) groups excluding carboxylic acids is 1. The van der Waals surface area contributed by atoms with Crippen LogP contribution in [0.15, 0.2) is 0 Å². The van der Waals surface area contributed by atoms with Gasteiger partial charge in [0.1, 0.15) is 6.61 Å². The Balaban J connectivity index is 3.56. The smallest absolute Gasteiger partial charge is 0.404 e. The van der Waals surface area contributed by atoms with Gasteiger partial charge in [-0.25, -0.2) is 4.79 Å². The third-order valence-corrected chi connectivity index (χ3v) is 1.03. The summed E-state index contributed by atoms with van der Waals surface area (Å²) in [6.45, 7) is 3.67. The van der Waals surface area contributed by atoms with E-state index in [0.29, 0.717) is 0 Å². The van der Waals surface area contributed by atoms with Crippen molar-refractivity contribution in [3.05, 3.63) is 0 Å². The standard InChI is InChI=1S/C6H13NO3/c1-6(2,3-8)4-10-5(7)9/h8H,3-4H2,1-2H3,(H2,7,9). The number of nitrogens with two attached hydrogens (primary N) is 1. The van der Waals surface area contributed by atoms with Crippen molar-refractivity contribution in [2.24, 2.45) is 11.1 Å². The maximum absolute atomic E-state index is 10.1. The van der Waals surface area contributed by atoms with E-state index in [1.165, 1.54) is 0 Å². The lowest BCUT2D eigenvalue weighted by molar-refractivity contribution is 0.0655. The summed E-state index contributed by atoms with van der Waals surface area (Å²) in [5, 5.41) is 8.67. The van der Waals surface area contributed by atoms with Gasteiger partial charge in [0.15, 0.2) is 0 Å². The molecule has 0 aliphatic carbocycles. The first-order valence-corrected chi connectivity index (χ1v) is 3.01. The van der Waals surface area contributed by atoms with Crippen molar-refractivity contribution in [1.82, 2.24) is 0 Å². The van der Waals surface area contributed by atoms with Crippen molar-refractivity contribution in [3.8, 4) is 0 Å². The molecule has 0 fully saturated rings. The number of primary amides is 1. The first-order valence-electron chi connectivity index (χ1n) is 3.01. The molecule has 0 heterocycles. The summed E-state index contributed by atoms with van der Waals surface area (Å²) in [6.07, 6.45) is -0.804. The Bertz CT molecular complexity index is 122. The zero-order valence-electron chi connectivity index (χ0n) is 6.26. The maximum Gasteiger partial charge on any atom is 0.404 e. The second-order valence-corrected chi connectivity index (χ2v) is 2.93. The molecule has 0 spiro atoms. The van der Waals surface area contributed by atoms with E-state index in [4.69, 9.17) is 10.8 Å². The first kappa shape index (κ1) is 9.23. The number of hydrogen-bond acceptors (Lipinski definition) is 3. The average Bonchev–Trinajstić information content (AvgIpc) is 1.85. The maximum atomic E-state index is 10.1. The zero-order valence-corrected chi connectivity index (χ0v) is 6.26. The van der Waals surface area contributed by atoms with Crippen molar-refractivity contribution in [2.75, 3.05) is 13.2 Å². The lowest BCUT2D eigenvalue weighted by atomic mass is 9.97. The second-order valence-electron chi connectivity index (χ2n) is 2.93. The number of aliphatic hydroxyl groups is 1. The third kappa shape index (κ3) is 4.14. The molecule has 0 saturated heterocycles. The van der Waals surface area contributed by atoms with Crippen LogP contribution in [0.5, 0.6) is 0 Å². The molecule has 0 unspecified atom stereocenters. The van der Waals surface area contributed by atoms with E-state index in [1.807, 2.05) is 0 Å². The topological polar surface area (TPSA) is 72.6 Å². The van der Waals surface area contributed by atoms with Crippen LogP contribution >= 0.6 is 0 Å². The molecule has 1 amide bonds. The minimum atomic E-state index is -0.804. The first-order chi connectivity index (χ1) is 4.48. The number of ether oxygens (including phenoxy) is 1. The van der Waals surface area contributed by atoms with Crippen molar-refractivity contribution < 1.29 is 14.6 Å². The van der Waals surface area contributed by atoms with Crippen LogP contribution < -0.4 is 5.73 Å². The van der Waals surface area contributed by atoms with E-state index in [9.17, 15) is 4.79 Å². The van der Waals surface area contributed by atoms with E-state index in [1.54, 1.807) is 13.8 Å². The number of carbonyl (C=O) groups is 1. The van der Waals surface area contributed by atoms with Gasteiger partial charge >= 0.3 is 6.09 Å². The zero-order chi connectivity index (χ0) is 8.20. The highest BCUT2D eigenvalue weighted by atomic mass is 16.5. The van der Waals surface area contributed by atoms with Crippen LogP contribution in [0.2, 0.25) is 0 Å². The van der Waals surface area contributed by atoms with Crippen LogP contribution in [0.3, 0.4) is 0 Å². The Morgan fingerprint density at radius 2 is 2.20 bits per heavy atom. The molecule has 0 rings (SSSR count). The van der Waals surface area contributed by atoms with E-state index < -0.39 is 11.5 Å². The molecule has 3 N–H and O–H groups in total. The van der Waals surface area contributed by atoms with Crippen LogP contribution in [-0.4, -0.2) is 24.4 Å². The van der Waals surface area contributed by atoms with Gasteiger partial charge in [-0.1, -0.05) is 13.8 Å². The number of hydrogen-bond donors (Lipinski definition) is 2. The summed E-state index contributed by atoms with van der Waals surface area (Å²) in [6, 6.07) is 0. The van der Waals surface area contributed by atoms with E-state index in [-0.39, 0.29) is 13.2 Å².